The van der Waals surface area contributed by atoms with Crippen LogP contribution in [0.4, 0.5) is 11.4 Å². The fourth-order valence-electron chi connectivity index (χ4n) is 7.09. The fraction of sp³-hybridized carbons (Fsp3) is 0.516. The van der Waals surface area contributed by atoms with Crippen molar-refractivity contribution in [1.82, 2.24) is 25.1 Å². The van der Waals surface area contributed by atoms with Crippen LogP contribution in [0.5, 0.6) is 0 Å². The van der Waals surface area contributed by atoms with E-state index in [9.17, 15) is 10.1 Å². The minimum atomic E-state index is -0.320. The van der Waals surface area contributed by atoms with E-state index in [4.69, 9.17) is 4.98 Å². The number of amides is 1. The van der Waals surface area contributed by atoms with E-state index in [0.29, 0.717) is 18.0 Å². The molecule has 1 aliphatic heterocycles. The van der Waals surface area contributed by atoms with Crippen molar-refractivity contribution in [2.24, 2.45) is 13.0 Å². The van der Waals surface area contributed by atoms with Crippen molar-refractivity contribution in [3.05, 3.63) is 65.0 Å². The Morgan fingerprint density at radius 1 is 1.23 bits per heavy atom. The molecule has 3 saturated carbocycles. The van der Waals surface area contributed by atoms with E-state index < -0.39 is 0 Å². The average Bonchev–Trinajstić information content (AvgIpc) is 3.44. The summed E-state index contributed by atoms with van der Waals surface area (Å²) in [5.74, 6) is 1.03. The molecule has 0 saturated heterocycles. The molecule has 0 atom stereocenters. The van der Waals surface area contributed by atoms with Gasteiger partial charge in [0, 0.05) is 43.2 Å². The van der Waals surface area contributed by atoms with Crippen LogP contribution in [0, 0.1) is 17.2 Å². The number of anilines is 2. The Bertz CT molecular complexity index is 1520. The van der Waals surface area contributed by atoms with Crippen LogP contribution >= 0.6 is 0 Å². The summed E-state index contributed by atoms with van der Waals surface area (Å²) >= 11 is 0. The lowest BCUT2D eigenvalue weighted by Crippen LogP contribution is -2.47. The first-order valence-electron chi connectivity index (χ1n) is 14.5. The van der Waals surface area contributed by atoms with E-state index in [1.165, 1.54) is 19.3 Å². The van der Waals surface area contributed by atoms with Crippen molar-refractivity contribution in [2.75, 3.05) is 17.2 Å². The summed E-state index contributed by atoms with van der Waals surface area (Å²) in [4.78, 5) is 18.6. The molecule has 4 aliphatic rings. The second-order valence-electron chi connectivity index (χ2n) is 12.8. The van der Waals surface area contributed by atoms with Gasteiger partial charge in [-0.25, -0.2) is 4.98 Å². The number of hydrogen-bond donors (Lipinski definition) is 3. The van der Waals surface area contributed by atoms with E-state index in [-0.39, 0.29) is 22.3 Å². The third kappa shape index (κ3) is 4.08. The van der Waals surface area contributed by atoms with Gasteiger partial charge in [-0.15, -0.1) is 10.2 Å². The number of benzene rings is 1. The van der Waals surface area contributed by atoms with Crippen LogP contribution in [0.1, 0.15) is 91.4 Å². The molecule has 1 spiro atoms. The quantitative estimate of drug-likeness (QED) is 0.386. The first kappa shape index (κ1) is 25.2. The molecule has 7 rings (SSSR count). The molecule has 3 fully saturated rings. The van der Waals surface area contributed by atoms with Gasteiger partial charge in [0.2, 0.25) is 0 Å². The Hall–Kier alpha value is -3.77. The Morgan fingerprint density at radius 2 is 2.05 bits per heavy atom. The normalized spacial score (nSPS) is 24.8. The number of aryl methyl sites for hydroxylation is 1. The number of fused-ring (bicyclic) bond motifs is 2. The SMILES string of the molecule is Cn1cnnc1C1(c2cccc(NC(=O)c3cc(CNC4(C)CCC4)c4c(n3)C3(CC3)CN4)c2)CC(CC#N)C1. The second kappa shape index (κ2) is 9.13. The van der Waals surface area contributed by atoms with Crippen LogP contribution in [0.15, 0.2) is 36.7 Å². The Kier molecular flexibility index (Phi) is 5.76. The van der Waals surface area contributed by atoms with Crippen molar-refractivity contribution < 1.29 is 4.79 Å². The summed E-state index contributed by atoms with van der Waals surface area (Å²) in [7, 11) is 1.96. The lowest BCUT2D eigenvalue weighted by atomic mass is 9.57. The topological polar surface area (TPSA) is 121 Å². The number of nitriles is 1. The van der Waals surface area contributed by atoms with E-state index in [1.54, 1.807) is 6.33 Å². The van der Waals surface area contributed by atoms with Gasteiger partial charge in [-0.05, 0) is 87.1 Å². The van der Waals surface area contributed by atoms with Crippen molar-refractivity contribution in [3.8, 4) is 6.07 Å². The lowest BCUT2D eigenvalue weighted by Gasteiger charge is -2.46. The summed E-state index contributed by atoms with van der Waals surface area (Å²) in [6.07, 6.45) is 9.81. The smallest absolute Gasteiger partial charge is 0.274 e. The molecule has 3 N–H and O–H groups in total. The Labute approximate surface area is 234 Å². The van der Waals surface area contributed by atoms with Crippen molar-refractivity contribution in [1.29, 1.82) is 5.26 Å². The molecule has 9 heteroatoms. The maximum Gasteiger partial charge on any atom is 0.274 e. The minimum Gasteiger partial charge on any atom is -0.382 e. The van der Waals surface area contributed by atoms with Crippen LogP contribution in [0.2, 0.25) is 0 Å². The lowest BCUT2D eigenvalue weighted by molar-refractivity contribution is 0.102. The molecule has 3 aliphatic carbocycles. The molecule has 2 aromatic heterocycles. The zero-order valence-corrected chi connectivity index (χ0v) is 23.3. The van der Waals surface area contributed by atoms with Crippen LogP contribution < -0.4 is 16.0 Å². The van der Waals surface area contributed by atoms with Gasteiger partial charge in [-0.2, -0.15) is 5.26 Å². The predicted octanol–water partition coefficient (Wildman–Crippen LogP) is 4.56. The number of nitrogens with one attached hydrogen (secondary N) is 3. The van der Waals surface area contributed by atoms with E-state index in [2.05, 4.69) is 45.2 Å². The van der Waals surface area contributed by atoms with Gasteiger partial charge in [0.1, 0.15) is 17.8 Å². The molecule has 1 amide bonds. The van der Waals surface area contributed by atoms with Gasteiger partial charge in [0.15, 0.2) is 0 Å². The van der Waals surface area contributed by atoms with Crippen LogP contribution in [0.25, 0.3) is 0 Å². The van der Waals surface area contributed by atoms with Gasteiger partial charge < -0.3 is 20.5 Å². The molecule has 9 nitrogen and oxygen atoms in total. The van der Waals surface area contributed by atoms with E-state index >= 15 is 0 Å². The molecule has 1 aromatic carbocycles. The summed E-state index contributed by atoms with van der Waals surface area (Å²) in [6.45, 7) is 3.92. The summed E-state index contributed by atoms with van der Waals surface area (Å²) in [6, 6.07) is 12.3. The van der Waals surface area contributed by atoms with Crippen molar-refractivity contribution in [3.63, 3.8) is 0 Å². The van der Waals surface area contributed by atoms with Gasteiger partial charge in [0.25, 0.3) is 5.91 Å². The molecule has 206 valence electrons. The number of rotatable bonds is 8. The standard InChI is InChI=1S/C31H36N8O/c1-29(8-4-9-29)34-17-21-13-24(37-26-25(21)33-18-30(26)10-11-30)27(40)36-23-6-3-5-22(14-23)31(15-20(16-31)7-12-32)28-38-35-19-39(28)2/h3,5-6,13-14,19-20,33-34H,4,7-11,15-18H2,1-2H3,(H,36,40). The molecule has 3 aromatic rings. The highest BCUT2D eigenvalue weighted by atomic mass is 16.1. The van der Waals surface area contributed by atoms with Crippen molar-refractivity contribution in [2.45, 2.75) is 81.2 Å². The van der Waals surface area contributed by atoms with Crippen LogP contribution in [-0.2, 0) is 24.4 Å². The van der Waals surface area contributed by atoms with Gasteiger partial charge in [-0.1, -0.05) is 12.1 Å². The molecule has 3 heterocycles. The molecule has 40 heavy (non-hydrogen) atoms. The highest BCUT2D eigenvalue weighted by molar-refractivity contribution is 6.03. The van der Waals surface area contributed by atoms with Gasteiger partial charge >= 0.3 is 0 Å². The third-order valence-electron chi connectivity index (χ3n) is 9.92. The monoisotopic (exact) mass is 536 g/mol. The largest absolute Gasteiger partial charge is 0.382 e. The zero-order valence-electron chi connectivity index (χ0n) is 23.3. The number of carbonyl (C=O) groups excluding carboxylic acids is 1. The maximum atomic E-state index is 13.7. The fourth-order valence-corrected chi connectivity index (χ4v) is 7.09. The van der Waals surface area contributed by atoms with E-state index in [1.807, 2.05) is 35.9 Å². The summed E-state index contributed by atoms with van der Waals surface area (Å²) in [5.41, 5.74) is 5.54. The van der Waals surface area contributed by atoms with Crippen LogP contribution in [0.3, 0.4) is 0 Å². The highest BCUT2D eigenvalue weighted by Gasteiger charge is 2.52. The molecule has 0 radical (unpaired) electrons. The van der Waals surface area contributed by atoms with Crippen LogP contribution in [-0.4, -0.2) is 37.7 Å². The average molecular weight is 537 g/mol. The number of aromatic nitrogens is 4. The molecular formula is C31H36N8O. The second-order valence-corrected chi connectivity index (χ2v) is 12.8. The zero-order chi connectivity index (χ0) is 27.5. The third-order valence-corrected chi connectivity index (χ3v) is 9.92. The summed E-state index contributed by atoms with van der Waals surface area (Å²) < 4.78 is 1.96. The number of pyridine rings is 1. The summed E-state index contributed by atoms with van der Waals surface area (Å²) in [5, 5.41) is 28.3. The molecule has 0 unspecified atom stereocenters. The Balaban J connectivity index is 1.16. The maximum absolute atomic E-state index is 13.7. The molecular weight excluding hydrogens is 500 g/mol. The first-order valence-corrected chi connectivity index (χ1v) is 14.5. The van der Waals surface area contributed by atoms with Crippen molar-refractivity contribution >= 4 is 17.3 Å². The number of carbonyl (C=O) groups is 1. The van der Waals surface area contributed by atoms with E-state index in [0.717, 1.165) is 72.8 Å². The Morgan fingerprint density at radius 3 is 2.73 bits per heavy atom. The predicted molar refractivity (Wildman–Crippen MR) is 152 cm³/mol. The number of nitrogens with zero attached hydrogens (tertiary/aromatic N) is 5. The van der Waals surface area contributed by atoms with Gasteiger partial charge in [-0.3, -0.25) is 4.79 Å². The molecule has 0 bridgehead atoms. The minimum absolute atomic E-state index is 0.0906. The van der Waals surface area contributed by atoms with Gasteiger partial charge in [0.05, 0.1) is 22.9 Å². The first-order chi connectivity index (χ1) is 19.3. The number of hydrogen-bond acceptors (Lipinski definition) is 7. The highest BCUT2D eigenvalue weighted by Crippen LogP contribution is 2.55.